The molecule has 0 fully saturated rings. The van der Waals surface area contributed by atoms with Gasteiger partial charge in [0.05, 0.1) is 17.5 Å². The number of H-pyrrole nitrogens is 1. The lowest BCUT2D eigenvalue weighted by molar-refractivity contribution is 0.336. The van der Waals surface area contributed by atoms with Gasteiger partial charge in [-0.3, -0.25) is 5.01 Å². The van der Waals surface area contributed by atoms with E-state index in [-0.39, 0.29) is 17.5 Å². The SMILES string of the molecule is Cc1[nH]c(-c2ccc(O)cc2O)nc1CC1=CC=CN(C(c2ccccc2)c2ccccc2)N=C1. The van der Waals surface area contributed by atoms with Gasteiger partial charge in [-0.05, 0) is 41.8 Å². The molecule has 4 aromatic rings. The van der Waals surface area contributed by atoms with Crippen molar-refractivity contribution >= 4 is 6.21 Å². The Morgan fingerprint density at radius 3 is 2.26 bits per heavy atom. The predicted molar refractivity (Wildman–Crippen MR) is 138 cm³/mol. The van der Waals surface area contributed by atoms with Gasteiger partial charge in [-0.25, -0.2) is 4.98 Å². The van der Waals surface area contributed by atoms with Gasteiger partial charge in [0.1, 0.15) is 23.4 Å². The second-order valence-electron chi connectivity index (χ2n) is 8.47. The van der Waals surface area contributed by atoms with E-state index in [4.69, 9.17) is 10.1 Å². The van der Waals surface area contributed by atoms with E-state index >= 15 is 0 Å². The number of hydrogen-bond donors (Lipinski definition) is 3. The van der Waals surface area contributed by atoms with Crippen LogP contribution in [0.4, 0.5) is 0 Å². The molecule has 0 bridgehead atoms. The maximum atomic E-state index is 10.2. The van der Waals surface area contributed by atoms with Crippen molar-refractivity contribution in [1.82, 2.24) is 15.0 Å². The highest BCUT2D eigenvalue weighted by molar-refractivity contribution is 5.80. The summed E-state index contributed by atoms with van der Waals surface area (Å²) in [5, 5.41) is 26.6. The van der Waals surface area contributed by atoms with Crippen LogP contribution in [-0.2, 0) is 6.42 Å². The molecule has 1 aliphatic rings. The molecule has 1 aliphatic heterocycles. The summed E-state index contributed by atoms with van der Waals surface area (Å²) in [4.78, 5) is 7.95. The number of hydrogen-bond acceptors (Lipinski definition) is 5. The molecule has 0 atom stereocenters. The zero-order chi connectivity index (χ0) is 24.2. The summed E-state index contributed by atoms with van der Waals surface area (Å²) in [6, 6.07) is 25.1. The smallest absolute Gasteiger partial charge is 0.141 e. The third-order valence-electron chi connectivity index (χ3n) is 5.99. The minimum Gasteiger partial charge on any atom is -0.508 e. The zero-order valence-corrected chi connectivity index (χ0v) is 19.3. The number of aromatic nitrogens is 2. The summed E-state index contributed by atoms with van der Waals surface area (Å²) in [6.45, 7) is 1.96. The summed E-state index contributed by atoms with van der Waals surface area (Å²) in [5.74, 6) is 0.550. The number of benzene rings is 3. The number of phenols is 2. The van der Waals surface area contributed by atoms with Crippen molar-refractivity contribution in [3.05, 3.63) is 125 Å². The van der Waals surface area contributed by atoms with Crippen molar-refractivity contribution in [2.45, 2.75) is 19.4 Å². The van der Waals surface area contributed by atoms with Crippen LogP contribution in [0.25, 0.3) is 11.4 Å². The van der Waals surface area contributed by atoms with Crippen LogP contribution in [0.1, 0.15) is 28.6 Å². The molecule has 0 amide bonds. The standard InChI is InChI=1S/C29H26N4O2/c1-20-26(32-29(31-20)25-15-14-24(34)18-27(25)35)17-21-9-8-16-33(30-19-21)28(22-10-4-2-5-11-22)23-12-6-3-7-13-23/h2-16,18-19,28,34-35H,17H2,1H3,(H,31,32). The number of hydrazone groups is 1. The first-order valence-corrected chi connectivity index (χ1v) is 11.5. The Balaban J connectivity index is 1.39. The van der Waals surface area contributed by atoms with Crippen LogP contribution < -0.4 is 0 Å². The van der Waals surface area contributed by atoms with Gasteiger partial charge in [0.2, 0.25) is 0 Å². The van der Waals surface area contributed by atoms with Gasteiger partial charge >= 0.3 is 0 Å². The summed E-state index contributed by atoms with van der Waals surface area (Å²) < 4.78 is 0. The van der Waals surface area contributed by atoms with Crippen molar-refractivity contribution < 1.29 is 10.2 Å². The maximum Gasteiger partial charge on any atom is 0.141 e. The van der Waals surface area contributed by atoms with Gasteiger partial charge in [-0.15, -0.1) is 0 Å². The zero-order valence-electron chi connectivity index (χ0n) is 19.3. The minimum atomic E-state index is -0.0474. The Kier molecular flexibility index (Phi) is 6.18. The third kappa shape index (κ3) is 4.87. The number of rotatable bonds is 6. The lowest BCUT2D eigenvalue weighted by atomic mass is 9.98. The number of aryl methyl sites for hydroxylation is 1. The molecule has 3 N–H and O–H groups in total. The molecule has 35 heavy (non-hydrogen) atoms. The molecule has 6 heteroatoms. The monoisotopic (exact) mass is 462 g/mol. The minimum absolute atomic E-state index is 0.00947. The Hall–Kier alpha value is -4.58. The molecular weight excluding hydrogens is 436 g/mol. The van der Waals surface area contributed by atoms with E-state index in [0.717, 1.165) is 28.1 Å². The van der Waals surface area contributed by atoms with Crippen molar-refractivity contribution in [2.75, 3.05) is 0 Å². The number of nitrogens with zero attached hydrogens (tertiary/aromatic N) is 3. The van der Waals surface area contributed by atoms with Crippen LogP contribution in [0.5, 0.6) is 11.5 Å². The van der Waals surface area contributed by atoms with E-state index in [2.05, 4.69) is 29.2 Å². The number of phenolic OH excluding ortho intramolecular Hbond substituents is 2. The topological polar surface area (TPSA) is 84.7 Å². The highest BCUT2D eigenvalue weighted by atomic mass is 16.3. The molecule has 5 rings (SSSR count). The molecule has 0 radical (unpaired) electrons. The Labute approximate surface area is 204 Å². The summed E-state index contributed by atoms with van der Waals surface area (Å²) in [5.41, 5.74) is 5.66. The van der Waals surface area contributed by atoms with Gasteiger partial charge in [0.15, 0.2) is 0 Å². The molecule has 1 aromatic heterocycles. The van der Waals surface area contributed by atoms with Gasteiger partial charge in [0.25, 0.3) is 0 Å². The van der Waals surface area contributed by atoms with E-state index in [9.17, 15) is 10.2 Å². The average Bonchev–Trinajstić information content (AvgIpc) is 3.07. The number of allylic oxidation sites excluding steroid dienone is 3. The molecule has 0 aliphatic carbocycles. The summed E-state index contributed by atoms with van der Waals surface area (Å²) in [6.07, 6.45) is 8.51. The highest BCUT2D eigenvalue weighted by Crippen LogP contribution is 2.32. The van der Waals surface area contributed by atoms with E-state index in [0.29, 0.717) is 17.8 Å². The Morgan fingerprint density at radius 2 is 1.60 bits per heavy atom. The van der Waals surface area contributed by atoms with Crippen LogP contribution in [0, 0.1) is 6.92 Å². The average molecular weight is 463 g/mol. The molecule has 0 spiro atoms. The van der Waals surface area contributed by atoms with Crippen LogP contribution in [0.15, 0.2) is 108 Å². The maximum absolute atomic E-state index is 10.2. The Morgan fingerprint density at radius 1 is 0.914 bits per heavy atom. The summed E-state index contributed by atoms with van der Waals surface area (Å²) >= 11 is 0. The molecule has 0 saturated heterocycles. The first-order valence-electron chi connectivity index (χ1n) is 11.5. The molecule has 3 aromatic carbocycles. The lowest BCUT2D eigenvalue weighted by Gasteiger charge is -2.27. The van der Waals surface area contributed by atoms with Gasteiger partial charge in [-0.2, -0.15) is 5.10 Å². The van der Waals surface area contributed by atoms with Crippen LogP contribution >= 0.6 is 0 Å². The fourth-order valence-electron chi connectivity index (χ4n) is 4.21. The van der Waals surface area contributed by atoms with Crippen molar-refractivity contribution in [3.63, 3.8) is 0 Å². The van der Waals surface area contributed by atoms with Gasteiger partial charge < -0.3 is 15.2 Å². The van der Waals surface area contributed by atoms with E-state index in [1.54, 1.807) is 6.07 Å². The van der Waals surface area contributed by atoms with Crippen LogP contribution in [0.3, 0.4) is 0 Å². The third-order valence-corrected chi connectivity index (χ3v) is 5.99. The molecule has 6 nitrogen and oxygen atoms in total. The van der Waals surface area contributed by atoms with Crippen molar-refractivity contribution in [1.29, 1.82) is 0 Å². The first kappa shape index (κ1) is 22.2. The highest BCUT2D eigenvalue weighted by Gasteiger charge is 2.20. The van der Waals surface area contributed by atoms with Crippen LogP contribution in [-0.4, -0.2) is 31.4 Å². The largest absolute Gasteiger partial charge is 0.508 e. The van der Waals surface area contributed by atoms with E-state index in [1.165, 1.54) is 12.1 Å². The van der Waals surface area contributed by atoms with Crippen LogP contribution in [0.2, 0.25) is 0 Å². The van der Waals surface area contributed by atoms with Gasteiger partial charge in [-0.1, -0.05) is 66.7 Å². The number of aromatic hydroxyl groups is 2. The van der Waals surface area contributed by atoms with E-state index < -0.39 is 0 Å². The van der Waals surface area contributed by atoms with Gasteiger partial charge in [0, 0.05) is 24.4 Å². The van der Waals surface area contributed by atoms with Crippen molar-refractivity contribution in [3.8, 4) is 22.9 Å². The molecule has 174 valence electrons. The number of imidazole rings is 1. The molecule has 2 heterocycles. The van der Waals surface area contributed by atoms with Crippen molar-refractivity contribution in [2.24, 2.45) is 5.10 Å². The molecular formula is C29H26N4O2. The predicted octanol–water partition coefficient (Wildman–Crippen LogP) is 5.87. The second-order valence-corrected chi connectivity index (χ2v) is 8.47. The fraction of sp³-hybridized carbons (Fsp3) is 0.103. The molecule has 0 saturated carbocycles. The number of nitrogens with one attached hydrogen (secondary N) is 1. The normalized spacial score (nSPS) is 13.2. The second kappa shape index (κ2) is 9.73. The molecule has 0 unspecified atom stereocenters. The number of aromatic amines is 1. The van der Waals surface area contributed by atoms with E-state index in [1.807, 2.05) is 72.9 Å². The lowest BCUT2D eigenvalue weighted by Crippen LogP contribution is -2.19. The summed E-state index contributed by atoms with van der Waals surface area (Å²) in [7, 11) is 0. The first-order chi connectivity index (χ1) is 17.1. The fourth-order valence-corrected chi connectivity index (χ4v) is 4.21. The quantitative estimate of drug-likeness (QED) is 0.335. The Bertz CT molecular complexity index is 1370.